The molecule has 3 aromatic carbocycles. The summed E-state index contributed by atoms with van der Waals surface area (Å²) in [6.07, 6.45) is 1.18. The number of carbonyl (C=O) groups excluding carboxylic acids is 4. The molecule has 4 fully saturated rings. The van der Waals surface area contributed by atoms with E-state index in [2.05, 4.69) is 15.3 Å². The molecule has 2 N–H and O–H groups in total. The van der Waals surface area contributed by atoms with Crippen molar-refractivity contribution in [3.8, 4) is 17.2 Å². The van der Waals surface area contributed by atoms with Crippen LogP contribution >= 0.6 is 23.2 Å². The van der Waals surface area contributed by atoms with E-state index in [1.807, 2.05) is 18.2 Å². The van der Waals surface area contributed by atoms with Gasteiger partial charge in [0.15, 0.2) is 17.3 Å². The summed E-state index contributed by atoms with van der Waals surface area (Å²) in [7, 11) is 2.75. The van der Waals surface area contributed by atoms with Gasteiger partial charge in [-0.25, -0.2) is 4.98 Å². The van der Waals surface area contributed by atoms with Crippen molar-refractivity contribution in [1.82, 2.24) is 9.99 Å². The predicted molar refractivity (Wildman–Crippen MR) is 230 cm³/mol. The molecule has 0 unspecified atom stereocenters. The lowest BCUT2D eigenvalue weighted by Gasteiger charge is -2.49. The van der Waals surface area contributed by atoms with Crippen LogP contribution in [0.3, 0.4) is 0 Å². The van der Waals surface area contributed by atoms with Crippen LogP contribution in [0.15, 0.2) is 90.7 Å². The van der Waals surface area contributed by atoms with E-state index in [1.165, 1.54) is 19.1 Å². The molecule has 0 bridgehead atoms. The highest BCUT2D eigenvalue weighted by Crippen LogP contribution is 2.62. The van der Waals surface area contributed by atoms with E-state index >= 15 is 9.59 Å². The van der Waals surface area contributed by atoms with Crippen molar-refractivity contribution in [2.75, 3.05) is 55.7 Å². The lowest BCUT2D eigenvalue weighted by Crippen LogP contribution is -2.54. The maximum atomic E-state index is 15.4. The third kappa shape index (κ3) is 7.02. The molecule has 3 saturated heterocycles. The number of aromatic hydroxyl groups is 1. The summed E-state index contributed by atoms with van der Waals surface area (Å²) < 4.78 is 57.1. The van der Waals surface area contributed by atoms with Gasteiger partial charge >= 0.3 is 6.18 Å². The summed E-state index contributed by atoms with van der Waals surface area (Å²) in [6, 6.07) is 17.4. The number of nitrogens with one attached hydrogen (secondary N) is 1. The standard InChI is InChI=1S/C46H40Cl2F3N5O8/c1-62-36-19-24(20-37(63-2)39(36)57)3-14-33-30-12-13-31-38(43(60)55(41(31)58)29-10-8-28(9-11-29)54-15-17-64-18-16-54)32(30)22-34-42(59)56(44(61)45(33,34)25-4-6-27(47)7-5-25)53-40-35(48)21-26(23-52-40)46(49,50)51/h3-12,14,19-21,23,31-34,38,57H,13,15-18,22H2,1-2H3,(H,52,53)/t31-,32+,33-,34-,38-,45-/m0/s1. The number of fused-ring (bicyclic) bond motifs is 4. The Morgan fingerprint density at radius 3 is 2.17 bits per heavy atom. The second-order valence-electron chi connectivity index (χ2n) is 16.2. The summed E-state index contributed by atoms with van der Waals surface area (Å²) in [5, 5.41) is 11.3. The first-order valence-corrected chi connectivity index (χ1v) is 21.2. The van der Waals surface area contributed by atoms with Crippen molar-refractivity contribution in [3.63, 3.8) is 0 Å². The summed E-state index contributed by atoms with van der Waals surface area (Å²) >= 11 is 12.7. The molecular formula is C46H40Cl2F3N5O8. The summed E-state index contributed by atoms with van der Waals surface area (Å²) in [5.74, 6) is -7.33. The second-order valence-corrected chi connectivity index (χ2v) is 17.1. The van der Waals surface area contributed by atoms with Crippen molar-refractivity contribution in [2.45, 2.75) is 24.4 Å². The Morgan fingerprint density at radius 2 is 1.55 bits per heavy atom. The number of hydrogen-bond donors (Lipinski definition) is 2. The van der Waals surface area contributed by atoms with Crippen molar-refractivity contribution in [1.29, 1.82) is 0 Å². The van der Waals surface area contributed by atoms with E-state index in [-0.39, 0.29) is 41.8 Å². The number of hydrogen-bond acceptors (Lipinski definition) is 11. The zero-order chi connectivity index (χ0) is 45.2. The van der Waals surface area contributed by atoms with Crippen LogP contribution in [0.5, 0.6) is 17.2 Å². The minimum atomic E-state index is -4.77. The lowest BCUT2D eigenvalue weighted by molar-refractivity contribution is -0.139. The predicted octanol–water partition coefficient (Wildman–Crippen LogP) is 7.70. The Labute approximate surface area is 374 Å². The number of allylic oxidation sites excluding steroid dienone is 3. The topological polar surface area (TPSA) is 151 Å². The van der Waals surface area contributed by atoms with Crippen molar-refractivity contribution in [3.05, 3.63) is 117 Å². The number of benzene rings is 3. The summed E-state index contributed by atoms with van der Waals surface area (Å²) in [5.41, 5.74) is 2.60. The number of methoxy groups -OCH3 is 2. The third-order valence-corrected chi connectivity index (χ3v) is 13.6. The molecule has 0 spiro atoms. The van der Waals surface area contributed by atoms with Gasteiger partial charge < -0.3 is 24.2 Å². The number of phenolic OH excluding ortho intramolecular Hbond substituents is 1. The highest BCUT2D eigenvalue weighted by Gasteiger charge is 2.69. The molecule has 1 aromatic heterocycles. The molecule has 3 aliphatic heterocycles. The van der Waals surface area contributed by atoms with Crippen LogP contribution in [0.2, 0.25) is 10.0 Å². The average molecular weight is 919 g/mol. The number of amides is 4. The largest absolute Gasteiger partial charge is 0.502 e. The van der Waals surface area contributed by atoms with Gasteiger partial charge in [0.2, 0.25) is 17.6 Å². The first-order valence-electron chi connectivity index (χ1n) is 20.4. The molecule has 6 atom stereocenters. The molecule has 1 saturated carbocycles. The maximum Gasteiger partial charge on any atom is 0.417 e. The first-order chi connectivity index (χ1) is 30.7. The number of imide groups is 2. The van der Waals surface area contributed by atoms with Gasteiger partial charge in [-0.05, 0) is 84.5 Å². The fourth-order valence-corrected chi connectivity index (χ4v) is 10.5. The Morgan fingerprint density at radius 1 is 0.891 bits per heavy atom. The van der Waals surface area contributed by atoms with Crippen LogP contribution in [0.4, 0.5) is 30.4 Å². The van der Waals surface area contributed by atoms with Crippen molar-refractivity contribution in [2.24, 2.45) is 29.6 Å². The second kappa shape index (κ2) is 16.5. The molecule has 13 nitrogen and oxygen atoms in total. The minimum Gasteiger partial charge on any atom is -0.502 e. The van der Waals surface area contributed by atoms with Crippen LogP contribution < -0.4 is 24.7 Å². The maximum absolute atomic E-state index is 15.4. The molecular weight excluding hydrogens is 878 g/mol. The van der Waals surface area contributed by atoms with E-state index in [1.54, 1.807) is 60.7 Å². The molecule has 2 aliphatic carbocycles. The highest BCUT2D eigenvalue weighted by molar-refractivity contribution is 6.33. The van der Waals surface area contributed by atoms with Crippen LogP contribution in [0.1, 0.15) is 29.5 Å². The third-order valence-electron chi connectivity index (χ3n) is 13.1. The number of pyridine rings is 1. The molecule has 4 amide bonds. The number of carbonyl (C=O) groups is 4. The number of morpholine rings is 1. The SMILES string of the molecule is COc1cc(C=C[C@H]2C3=CC[C@@H]4C(=O)N(c5ccc(N6CCOCC6)cc5)C(=O)[C@@H]4[C@@H]3C[C@H]3C(=O)N(Nc4ncc(C(F)(F)F)cc4Cl)C(=O)[C@@]23c2ccc(Cl)cc2)cc(OC)c1O. The summed E-state index contributed by atoms with van der Waals surface area (Å²) in [4.78, 5) is 66.8. The van der Waals surface area contributed by atoms with E-state index in [0.717, 1.165) is 10.7 Å². The molecule has 4 heterocycles. The number of anilines is 3. The molecule has 18 heteroatoms. The number of alkyl halides is 3. The average Bonchev–Trinajstić information content (AvgIpc) is 3.67. The van der Waals surface area contributed by atoms with Gasteiger partial charge in [-0.1, -0.05) is 59.1 Å². The zero-order valence-corrected chi connectivity index (χ0v) is 35.8. The van der Waals surface area contributed by atoms with Gasteiger partial charge in [0, 0.05) is 35.9 Å². The van der Waals surface area contributed by atoms with Gasteiger partial charge in [0.25, 0.3) is 11.8 Å². The number of rotatable bonds is 9. The van der Waals surface area contributed by atoms with Crippen LogP contribution in [0, 0.1) is 29.6 Å². The molecule has 64 heavy (non-hydrogen) atoms. The van der Waals surface area contributed by atoms with Crippen molar-refractivity contribution >= 4 is 70.1 Å². The number of nitrogens with zero attached hydrogens (tertiary/aromatic N) is 4. The lowest BCUT2D eigenvalue weighted by atomic mass is 9.50. The Bertz CT molecular complexity index is 2600. The van der Waals surface area contributed by atoms with Gasteiger partial charge in [0.05, 0.1) is 66.9 Å². The molecule has 4 aromatic rings. The van der Waals surface area contributed by atoms with Gasteiger partial charge in [-0.15, -0.1) is 0 Å². The first kappa shape index (κ1) is 43.2. The Kier molecular flexibility index (Phi) is 11.1. The molecule has 5 aliphatic rings. The molecule has 332 valence electrons. The normalized spacial score (nSPS) is 25.6. The number of ether oxygens (including phenoxy) is 3. The number of hydrazine groups is 1. The monoisotopic (exact) mass is 917 g/mol. The molecule has 9 rings (SSSR count). The number of aromatic nitrogens is 1. The quantitative estimate of drug-likeness (QED) is 0.126. The van der Waals surface area contributed by atoms with E-state index in [4.69, 9.17) is 37.4 Å². The zero-order valence-electron chi connectivity index (χ0n) is 34.3. The van der Waals surface area contributed by atoms with Gasteiger partial charge in [-0.2, -0.15) is 18.2 Å². The van der Waals surface area contributed by atoms with Crippen molar-refractivity contribution < 1.29 is 51.7 Å². The minimum absolute atomic E-state index is 0.0550. The Balaban J connectivity index is 1.17. The smallest absolute Gasteiger partial charge is 0.417 e. The van der Waals surface area contributed by atoms with Crippen LogP contribution in [-0.4, -0.2) is 79.3 Å². The van der Waals surface area contributed by atoms with Crippen LogP contribution in [-0.2, 0) is 35.5 Å². The Hall–Kier alpha value is -6.10. The van der Waals surface area contributed by atoms with E-state index in [0.29, 0.717) is 66.0 Å². The molecule has 0 radical (unpaired) electrons. The number of halogens is 5. The van der Waals surface area contributed by atoms with Gasteiger partial charge in [-0.3, -0.25) is 29.5 Å². The van der Waals surface area contributed by atoms with Crippen LogP contribution in [0.25, 0.3) is 6.08 Å². The fourth-order valence-electron chi connectivity index (χ4n) is 10.1. The van der Waals surface area contributed by atoms with E-state index < -0.39 is 69.5 Å². The number of phenols is 1. The van der Waals surface area contributed by atoms with E-state index in [9.17, 15) is 27.9 Å². The summed E-state index contributed by atoms with van der Waals surface area (Å²) in [6.45, 7) is 2.57. The highest BCUT2D eigenvalue weighted by atomic mass is 35.5. The van der Waals surface area contributed by atoms with Gasteiger partial charge in [0.1, 0.15) is 0 Å². The fraction of sp³-hybridized carbons (Fsp3) is 0.326.